The largest absolute Gasteiger partial charge is 0.450 e. The predicted molar refractivity (Wildman–Crippen MR) is 113 cm³/mol. The number of nitrogens with one attached hydrogen (secondary N) is 2. The molecule has 2 N–H and O–H groups in total. The summed E-state index contributed by atoms with van der Waals surface area (Å²) in [6.45, 7) is 7.27. The summed E-state index contributed by atoms with van der Waals surface area (Å²) < 4.78 is 6.86. The average Bonchev–Trinajstić information content (AvgIpc) is 3.01. The summed E-state index contributed by atoms with van der Waals surface area (Å²) in [6.07, 6.45) is 6.34. The van der Waals surface area contributed by atoms with Gasteiger partial charge in [0, 0.05) is 45.5 Å². The van der Waals surface area contributed by atoms with E-state index in [2.05, 4.69) is 27.6 Å². The summed E-state index contributed by atoms with van der Waals surface area (Å²) in [5.74, 6) is 0.834. The van der Waals surface area contributed by atoms with E-state index in [0.29, 0.717) is 32.3 Å². The van der Waals surface area contributed by atoms with E-state index in [4.69, 9.17) is 4.74 Å². The van der Waals surface area contributed by atoms with Gasteiger partial charge in [-0.25, -0.2) is 4.79 Å². The topological polar surface area (TPSA) is 83.8 Å². The SMILES string of the molecule is CCNC(=NCCc1cnn(C)c1)NC1CCN(C(=O)OCC)CC1.I. The second kappa shape index (κ2) is 12.0. The molecule has 0 atom stereocenters. The highest BCUT2D eigenvalue weighted by atomic mass is 127. The number of aryl methyl sites for hydroxylation is 1. The first kappa shape index (κ1) is 22.5. The summed E-state index contributed by atoms with van der Waals surface area (Å²) in [5.41, 5.74) is 1.19. The Kier molecular flexibility index (Phi) is 10.4. The molecule has 1 aliphatic rings. The van der Waals surface area contributed by atoms with Gasteiger partial charge in [0.1, 0.15) is 0 Å². The van der Waals surface area contributed by atoms with Crippen LogP contribution < -0.4 is 10.6 Å². The van der Waals surface area contributed by atoms with Crippen molar-refractivity contribution >= 4 is 36.0 Å². The van der Waals surface area contributed by atoms with Gasteiger partial charge in [0.25, 0.3) is 0 Å². The molecular weight excluding hydrogens is 447 g/mol. The smallest absolute Gasteiger partial charge is 0.409 e. The number of nitrogens with zero attached hydrogens (tertiary/aromatic N) is 4. The van der Waals surface area contributed by atoms with Gasteiger partial charge in [-0.1, -0.05) is 0 Å². The number of hydrogen-bond acceptors (Lipinski definition) is 4. The highest BCUT2D eigenvalue weighted by Crippen LogP contribution is 2.11. The van der Waals surface area contributed by atoms with E-state index in [9.17, 15) is 4.79 Å². The molecular formula is C17H31IN6O2. The molecule has 0 aliphatic carbocycles. The number of piperidine rings is 1. The van der Waals surface area contributed by atoms with Crippen molar-refractivity contribution in [3.8, 4) is 0 Å². The van der Waals surface area contributed by atoms with Gasteiger partial charge in [0.2, 0.25) is 0 Å². The number of likely N-dealkylation sites (tertiary alicyclic amines) is 1. The molecule has 0 saturated carbocycles. The van der Waals surface area contributed by atoms with Gasteiger partial charge in [-0.15, -0.1) is 24.0 Å². The van der Waals surface area contributed by atoms with Gasteiger partial charge in [0.05, 0.1) is 12.8 Å². The predicted octanol–water partition coefficient (Wildman–Crippen LogP) is 1.76. The molecule has 0 aromatic carbocycles. The van der Waals surface area contributed by atoms with Crippen molar-refractivity contribution in [1.29, 1.82) is 0 Å². The third-order valence-corrected chi connectivity index (χ3v) is 4.13. The fourth-order valence-corrected chi connectivity index (χ4v) is 2.83. The van der Waals surface area contributed by atoms with Crippen molar-refractivity contribution in [3.05, 3.63) is 18.0 Å². The van der Waals surface area contributed by atoms with E-state index in [1.807, 2.05) is 26.4 Å². The number of rotatable bonds is 6. The maximum atomic E-state index is 11.7. The van der Waals surface area contributed by atoms with E-state index in [1.165, 1.54) is 5.56 Å². The van der Waals surface area contributed by atoms with E-state index in [0.717, 1.165) is 31.8 Å². The van der Waals surface area contributed by atoms with Gasteiger partial charge in [-0.3, -0.25) is 9.67 Å². The monoisotopic (exact) mass is 478 g/mol. The molecule has 2 heterocycles. The summed E-state index contributed by atoms with van der Waals surface area (Å²) in [5, 5.41) is 10.9. The Morgan fingerprint density at radius 3 is 2.69 bits per heavy atom. The quantitative estimate of drug-likeness (QED) is 0.370. The van der Waals surface area contributed by atoms with Gasteiger partial charge < -0.3 is 20.3 Å². The molecule has 1 aromatic rings. The molecule has 1 saturated heterocycles. The van der Waals surface area contributed by atoms with Gasteiger partial charge in [-0.2, -0.15) is 5.10 Å². The number of amides is 1. The highest BCUT2D eigenvalue weighted by molar-refractivity contribution is 14.0. The molecule has 0 bridgehead atoms. The average molecular weight is 478 g/mol. The molecule has 0 spiro atoms. The molecule has 1 aromatic heterocycles. The number of carbonyl (C=O) groups excluding carboxylic acids is 1. The van der Waals surface area contributed by atoms with E-state index < -0.39 is 0 Å². The molecule has 8 nitrogen and oxygen atoms in total. The molecule has 26 heavy (non-hydrogen) atoms. The zero-order chi connectivity index (χ0) is 18.1. The maximum Gasteiger partial charge on any atom is 0.409 e. The highest BCUT2D eigenvalue weighted by Gasteiger charge is 2.23. The molecule has 1 amide bonds. The minimum atomic E-state index is -0.210. The Hall–Kier alpha value is -1.52. The van der Waals surface area contributed by atoms with Crippen LogP contribution in [0.15, 0.2) is 17.4 Å². The first-order valence-electron chi connectivity index (χ1n) is 9.06. The lowest BCUT2D eigenvalue weighted by molar-refractivity contribution is 0.0963. The summed E-state index contributed by atoms with van der Waals surface area (Å²) in [7, 11) is 1.92. The zero-order valence-corrected chi connectivity index (χ0v) is 18.2. The van der Waals surface area contributed by atoms with Crippen LogP contribution in [-0.2, 0) is 18.2 Å². The fourth-order valence-electron chi connectivity index (χ4n) is 2.83. The Labute approximate surface area is 172 Å². The Morgan fingerprint density at radius 1 is 1.38 bits per heavy atom. The van der Waals surface area contributed by atoms with Gasteiger partial charge in [-0.05, 0) is 38.7 Å². The van der Waals surface area contributed by atoms with Crippen LogP contribution in [0.25, 0.3) is 0 Å². The Bertz CT molecular complexity index is 569. The summed E-state index contributed by atoms with van der Waals surface area (Å²) in [6, 6.07) is 0.321. The summed E-state index contributed by atoms with van der Waals surface area (Å²) in [4.78, 5) is 18.2. The normalized spacial score (nSPS) is 15.3. The third-order valence-electron chi connectivity index (χ3n) is 4.13. The number of ether oxygens (including phenoxy) is 1. The lowest BCUT2D eigenvalue weighted by Crippen LogP contribution is -2.50. The van der Waals surface area contributed by atoms with Gasteiger partial charge >= 0.3 is 6.09 Å². The van der Waals surface area contributed by atoms with Crippen molar-refractivity contribution < 1.29 is 9.53 Å². The zero-order valence-electron chi connectivity index (χ0n) is 15.9. The van der Waals surface area contributed by atoms with Crippen molar-refractivity contribution in [2.45, 2.75) is 39.2 Å². The minimum absolute atomic E-state index is 0. The van der Waals surface area contributed by atoms with E-state index in [-0.39, 0.29) is 30.1 Å². The number of carbonyl (C=O) groups is 1. The lowest BCUT2D eigenvalue weighted by atomic mass is 10.1. The third kappa shape index (κ3) is 7.38. The number of guanidine groups is 1. The standard InChI is InChI=1S/C17H30N6O2.HI/c1-4-18-16(19-9-6-14-12-20-22(3)13-14)21-15-7-10-23(11-8-15)17(24)25-5-2;/h12-13,15H,4-11H2,1-3H3,(H2,18,19,21);1H. The number of hydrogen-bond donors (Lipinski definition) is 2. The second-order valence-corrected chi connectivity index (χ2v) is 6.14. The van der Waals surface area contributed by atoms with Crippen molar-refractivity contribution in [2.75, 3.05) is 32.8 Å². The number of halogens is 1. The molecule has 0 unspecified atom stereocenters. The Morgan fingerprint density at radius 2 is 2.12 bits per heavy atom. The molecule has 1 aliphatic heterocycles. The van der Waals surface area contributed by atoms with Crippen LogP contribution >= 0.6 is 24.0 Å². The van der Waals surface area contributed by atoms with Crippen LogP contribution in [0.3, 0.4) is 0 Å². The van der Waals surface area contributed by atoms with Crippen LogP contribution in [0.4, 0.5) is 4.79 Å². The van der Waals surface area contributed by atoms with Crippen LogP contribution in [0.1, 0.15) is 32.3 Å². The molecule has 2 rings (SSSR count). The second-order valence-electron chi connectivity index (χ2n) is 6.14. The van der Waals surface area contributed by atoms with Gasteiger partial charge in [0.15, 0.2) is 5.96 Å². The van der Waals surface area contributed by atoms with Crippen LogP contribution in [-0.4, -0.2) is 65.6 Å². The van der Waals surface area contributed by atoms with E-state index in [1.54, 1.807) is 9.58 Å². The number of aromatic nitrogens is 2. The van der Waals surface area contributed by atoms with Crippen molar-refractivity contribution in [3.63, 3.8) is 0 Å². The first-order chi connectivity index (χ1) is 12.1. The van der Waals surface area contributed by atoms with Crippen molar-refractivity contribution in [2.24, 2.45) is 12.0 Å². The minimum Gasteiger partial charge on any atom is -0.450 e. The van der Waals surface area contributed by atoms with Crippen LogP contribution in [0.5, 0.6) is 0 Å². The molecule has 0 radical (unpaired) electrons. The fraction of sp³-hybridized carbons (Fsp3) is 0.706. The lowest BCUT2D eigenvalue weighted by Gasteiger charge is -2.32. The molecule has 1 fully saturated rings. The number of aliphatic imine (C=N–C) groups is 1. The van der Waals surface area contributed by atoms with Crippen molar-refractivity contribution in [1.82, 2.24) is 25.3 Å². The molecule has 9 heteroatoms. The van der Waals surface area contributed by atoms with E-state index >= 15 is 0 Å². The Balaban J connectivity index is 0.00000338. The van der Waals surface area contributed by atoms with Crippen LogP contribution in [0.2, 0.25) is 0 Å². The maximum absolute atomic E-state index is 11.7. The van der Waals surface area contributed by atoms with Crippen LogP contribution in [0, 0.1) is 0 Å². The summed E-state index contributed by atoms with van der Waals surface area (Å²) >= 11 is 0. The first-order valence-corrected chi connectivity index (χ1v) is 9.06. The molecule has 148 valence electrons.